The van der Waals surface area contributed by atoms with Crippen LogP contribution in [0.1, 0.15) is 23.7 Å². The number of fused-ring (bicyclic) bond motifs is 1. The Morgan fingerprint density at radius 1 is 1.26 bits per heavy atom. The lowest BCUT2D eigenvalue weighted by molar-refractivity contribution is 0.102. The molecule has 0 aliphatic heterocycles. The van der Waals surface area contributed by atoms with Crippen molar-refractivity contribution >= 4 is 34.3 Å². The zero-order valence-corrected chi connectivity index (χ0v) is 13.3. The number of nitrogens with zero attached hydrogens (tertiary/aromatic N) is 1. The summed E-state index contributed by atoms with van der Waals surface area (Å²) >= 11 is 5.89. The molecule has 3 aromatic rings. The molecule has 118 valence electrons. The van der Waals surface area contributed by atoms with Crippen molar-refractivity contribution in [1.29, 1.82) is 0 Å². The largest absolute Gasteiger partial charge is 0.419 e. The van der Waals surface area contributed by atoms with Gasteiger partial charge < -0.3 is 9.73 Å². The van der Waals surface area contributed by atoms with E-state index in [-0.39, 0.29) is 11.7 Å². The van der Waals surface area contributed by atoms with Crippen LogP contribution in [0, 0.1) is 0 Å². The van der Waals surface area contributed by atoms with Crippen molar-refractivity contribution in [2.75, 3.05) is 5.32 Å². The lowest BCUT2D eigenvalue weighted by Gasteiger charge is -2.06. The topological polar surface area (TPSA) is 64.2 Å². The lowest BCUT2D eigenvalue weighted by Crippen LogP contribution is -2.13. The van der Waals surface area contributed by atoms with Gasteiger partial charge in [-0.15, -0.1) is 0 Å². The van der Waals surface area contributed by atoms with Gasteiger partial charge >= 0.3 is 5.76 Å². The Labute approximate surface area is 137 Å². The van der Waals surface area contributed by atoms with E-state index in [0.717, 1.165) is 11.9 Å². The Bertz CT molecular complexity index is 927. The molecule has 0 aliphatic carbocycles. The first-order chi connectivity index (χ1) is 11.1. The van der Waals surface area contributed by atoms with Crippen molar-refractivity contribution in [2.24, 2.45) is 0 Å². The van der Waals surface area contributed by atoms with Gasteiger partial charge in [-0.1, -0.05) is 24.6 Å². The van der Waals surface area contributed by atoms with E-state index < -0.39 is 0 Å². The van der Waals surface area contributed by atoms with Gasteiger partial charge in [0.25, 0.3) is 5.91 Å². The van der Waals surface area contributed by atoms with Crippen LogP contribution in [0.25, 0.3) is 11.1 Å². The molecule has 0 atom stereocenters. The van der Waals surface area contributed by atoms with Gasteiger partial charge in [-0.3, -0.25) is 9.36 Å². The summed E-state index contributed by atoms with van der Waals surface area (Å²) in [6.07, 6.45) is 0.835. The molecule has 1 amide bonds. The Kier molecular flexibility index (Phi) is 4.21. The summed E-state index contributed by atoms with van der Waals surface area (Å²) in [4.78, 5) is 24.0. The first kappa shape index (κ1) is 15.4. The van der Waals surface area contributed by atoms with Gasteiger partial charge in [0.05, 0.1) is 5.52 Å². The number of anilines is 1. The van der Waals surface area contributed by atoms with Crippen LogP contribution in [0.4, 0.5) is 5.69 Å². The van der Waals surface area contributed by atoms with E-state index in [4.69, 9.17) is 16.0 Å². The molecule has 23 heavy (non-hydrogen) atoms. The minimum atomic E-state index is -0.389. The second-order valence-corrected chi connectivity index (χ2v) is 5.60. The predicted molar refractivity (Wildman–Crippen MR) is 90.2 cm³/mol. The molecule has 0 bridgehead atoms. The minimum absolute atomic E-state index is 0.276. The monoisotopic (exact) mass is 330 g/mol. The van der Waals surface area contributed by atoms with E-state index in [0.29, 0.717) is 28.4 Å². The number of aryl methyl sites for hydroxylation is 1. The van der Waals surface area contributed by atoms with Crippen LogP contribution in [0.15, 0.2) is 51.7 Å². The van der Waals surface area contributed by atoms with Crippen LogP contribution in [-0.2, 0) is 6.54 Å². The fourth-order valence-electron chi connectivity index (χ4n) is 2.41. The molecule has 0 saturated carbocycles. The minimum Gasteiger partial charge on any atom is -0.408 e. The van der Waals surface area contributed by atoms with E-state index in [1.807, 2.05) is 6.92 Å². The van der Waals surface area contributed by atoms with E-state index in [2.05, 4.69) is 5.32 Å². The average molecular weight is 331 g/mol. The molecule has 0 radical (unpaired) electrons. The Morgan fingerprint density at radius 2 is 2.09 bits per heavy atom. The standard InChI is InChI=1S/C17H15ClN2O3/c1-2-8-20-14-7-6-13(10-15(14)23-17(20)22)19-16(21)11-4-3-5-12(18)9-11/h3-7,9-10H,2,8H2,1H3,(H,19,21). The number of hydrogen-bond acceptors (Lipinski definition) is 3. The van der Waals surface area contributed by atoms with Crippen LogP contribution >= 0.6 is 11.6 Å². The average Bonchev–Trinajstić information content (AvgIpc) is 2.83. The van der Waals surface area contributed by atoms with Crippen molar-refractivity contribution in [2.45, 2.75) is 19.9 Å². The molecule has 6 heteroatoms. The maximum absolute atomic E-state index is 12.2. The summed E-state index contributed by atoms with van der Waals surface area (Å²) in [5, 5.41) is 3.27. The molecular formula is C17H15ClN2O3. The molecule has 2 aromatic carbocycles. The molecule has 0 fully saturated rings. The number of aromatic nitrogens is 1. The van der Waals surface area contributed by atoms with Crippen molar-refractivity contribution in [3.05, 3.63) is 63.6 Å². The van der Waals surface area contributed by atoms with Crippen LogP contribution in [0.2, 0.25) is 5.02 Å². The second kappa shape index (κ2) is 6.30. The first-order valence-corrected chi connectivity index (χ1v) is 7.66. The van der Waals surface area contributed by atoms with E-state index in [9.17, 15) is 9.59 Å². The van der Waals surface area contributed by atoms with Crippen molar-refractivity contribution in [3.8, 4) is 0 Å². The number of halogens is 1. The van der Waals surface area contributed by atoms with Crippen LogP contribution in [-0.4, -0.2) is 10.5 Å². The second-order valence-electron chi connectivity index (χ2n) is 5.17. The number of hydrogen-bond donors (Lipinski definition) is 1. The number of amides is 1. The number of nitrogens with one attached hydrogen (secondary N) is 1. The Morgan fingerprint density at radius 3 is 2.83 bits per heavy atom. The third-order valence-corrected chi connectivity index (χ3v) is 3.70. The fraction of sp³-hybridized carbons (Fsp3) is 0.176. The highest BCUT2D eigenvalue weighted by molar-refractivity contribution is 6.31. The molecule has 1 aromatic heterocycles. The lowest BCUT2D eigenvalue weighted by atomic mass is 10.2. The van der Waals surface area contributed by atoms with Crippen molar-refractivity contribution in [3.63, 3.8) is 0 Å². The summed E-state index contributed by atoms with van der Waals surface area (Å²) < 4.78 is 6.81. The first-order valence-electron chi connectivity index (χ1n) is 7.29. The highest BCUT2D eigenvalue weighted by Gasteiger charge is 2.11. The summed E-state index contributed by atoms with van der Waals surface area (Å²) in [5.41, 5.74) is 2.19. The SMILES string of the molecule is CCCn1c(=O)oc2cc(NC(=O)c3cccc(Cl)c3)ccc21. The molecule has 1 N–H and O–H groups in total. The summed E-state index contributed by atoms with van der Waals surface area (Å²) in [5.74, 6) is -0.664. The van der Waals surface area contributed by atoms with Crippen LogP contribution in [0.3, 0.4) is 0 Å². The zero-order valence-electron chi connectivity index (χ0n) is 12.5. The molecule has 5 nitrogen and oxygen atoms in total. The predicted octanol–water partition coefficient (Wildman–Crippen LogP) is 3.91. The summed E-state index contributed by atoms with van der Waals surface area (Å²) in [7, 11) is 0. The highest BCUT2D eigenvalue weighted by Crippen LogP contribution is 2.20. The van der Waals surface area contributed by atoms with E-state index in [1.54, 1.807) is 47.0 Å². The molecule has 0 aliphatic rings. The van der Waals surface area contributed by atoms with Crippen molar-refractivity contribution in [1.82, 2.24) is 4.57 Å². The maximum atomic E-state index is 12.2. The number of rotatable bonds is 4. The third-order valence-electron chi connectivity index (χ3n) is 3.46. The number of carbonyl (C=O) groups is 1. The number of oxazole rings is 1. The molecule has 3 rings (SSSR count). The van der Waals surface area contributed by atoms with Gasteiger partial charge in [0.1, 0.15) is 0 Å². The van der Waals surface area contributed by atoms with Gasteiger partial charge in [-0.05, 0) is 36.8 Å². The van der Waals surface area contributed by atoms with Gasteiger partial charge in [0, 0.05) is 28.9 Å². The highest BCUT2D eigenvalue weighted by atomic mass is 35.5. The Hall–Kier alpha value is -2.53. The molecular weight excluding hydrogens is 316 g/mol. The van der Waals surface area contributed by atoms with Gasteiger partial charge in [0.2, 0.25) is 0 Å². The quantitative estimate of drug-likeness (QED) is 0.788. The van der Waals surface area contributed by atoms with Gasteiger partial charge in [-0.2, -0.15) is 0 Å². The number of benzene rings is 2. The molecule has 0 spiro atoms. The smallest absolute Gasteiger partial charge is 0.408 e. The summed E-state index contributed by atoms with van der Waals surface area (Å²) in [6, 6.07) is 11.8. The van der Waals surface area contributed by atoms with Gasteiger partial charge in [0.15, 0.2) is 5.58 Å². The van der Waals surface area contributed by atoms with Crippen LogP contribution < -0.4 is 11.1 Å². The van der Waals surface area contributed by atoms with Gasteiger partial charge in [-0.25, -0.2) is 4.79 Å². The fourth-order valence-corrected chi connectivity index (χ4v) is 2.60. The van der Waals surface area contributed by atoms with E-state index in [1.165, 1.54) is 0 Å². The third kappa shape index (κ3) is 3.14. The normalized spacial score (nSPS) is 10.9. The maximum Gasteiger partial charge on any atom is 0.419 e. The molecule has 0 unspecified atom stereocenters. The molecule has 1 heterocycles. The summed E-state index contributed by atoms with van der Waals surface area (Å²) in [6.45, 7) is 2.59. The Balaban J connectivity index is 1.89. The van der Waals surface area contributed by atoms with E-state index >= 15 is 0 Å². The number of carbonyl (C=O) groups excluding carboxylic acids is 1. The van der Waals surface area contributed by atoms with Crippen molar-refractivity contribution < 1.29 is 9.21 Å². The zero-order chi connectivity index (χ0) is 16.4. The molecule has 0 saturated heterocycles. The van der Waals surface area contributed by atoms with Crippen LogP contribution in [0.5, 0.6) is 0 Å².